The van der Waals surface area contributed by atoms with Crippen molar-refractivity contribution >= 4 is 11.9 Å². The zero-order valence-electron chi connectivity index (χ0n) is 8.14. The summed E-state index contributed by atoms with van der Waals surface area (Å²) in [6.07, 6.45) is 0. The fraction of sp³-hybridized carbons (Fsp3) is 0.750. The maximum absolute atomic E-state index is 9.82. The van der Waals surface area contributed by atoms with Crippen LogP contribution in [0.1, 0.15) is 27.7 Å². The predicted octanol–water partition coefficient (Wildman–Crippen LogP) is 1.59. The van der Waals surface area contributed by atoms with Gasteiger partial charge in [-0.05, 0) is 13.8 Å². The first kappa shape index (κ1) is 13.5. The van der Waals surface area contributed by atoms with Crippen LogP contribution in [0.3, 0.4) is 0 Å². The molecule has 4 nitrogen and oxygen atoms in total. The van der Waals surface area contributed by atoms with E-state index in [4.69, 9.17) is 5.41 Å². The minimum absolute atomic E-state index is 0.211. The highest BCUT2D eigenvalue weighted by Gasteiger charge is 1.81. The number of hydrogen-bond acceptors (Lipinski definition) is 4. The van der Waals surface area contributed by atoms with Gasteiger partial charge in [0, 0.05) is 13.8 Å². The third kappa shape index (κ3) is 23.1. The standard InChI is InChI=1S/C4H9NO.C4H8O2/c2*1-3-6-4(2)5/h5H,3H2,1-2H3;3H2,1-2H3. The summed E-state index contributed by atoms with van der Waals surface area (Å²) in [4.78, 5) is 9.82. The first-order valence-corrected chi connectivity index (χ1v) is 3.85. The second-order valence-corrected chi connectivity index (χ2v) is 1.91. The van der Waals surface area contributed by atoms with Crippen molar-refractivity contribution in [1.82, 2.24) is 0 Å². The van der Waals surface area contributed by atoms with Crippen LogP contribution in [0.25, 0.3) is 0 Å². The molecule has 0 heterocycles. The van der Waals surface area contributed by atoms with Gasteiger partial charge in [0.1, 0.15) is 0 Å². The van der Waals surface area contributed by atoms with Crippen molar-refractivity contribution in [2.75, 3.05) is 13.2 Å². The Balaban J connectivity index is 0. The van der Waals surface area contributed by atoms with Gasteiger partial charge in [0.2, 0.25) is 0 Å². The molecule has 0 unspecified atom stereocenters. The summed E-state index contributed by atoms with van der Waals surface area (Å²) in [6, 6.07) is 0. The summed E-state index contributed by atoms with van der Waals surface area (Å²) in [7, 11) is 0. The number of esters is 1. The van der Waals surface area contributed by atoms with Gasteiger partial charge in [0.15, 0.2) is 5.90 Å². The maximum atomic E-state index is 9.82. The zero-order valence-corrected chi connectivity index (χ0v) is 8.14. The number of carbonyl (C=O) groups is 1. The molecular formula is C8H17NO3. The molecule has 0 bridgehead atoms. The van der Waals surface area contributed by atoms with E-state index in [0.717, 1.165) is 0 Å². The first-order valence-electron chi connectivity index (χ1n) is 3.85. The highest BCUT2D eigenvalue weighted by atomic mass is 16.5. The summed E-state index contributed by atoms with van der Waals surface area (Å²) in [5.74, 6) is 0.0787. The normalized spacial score (nSPS) is 7.67. The lowest BCUT2D eigenvalue weighted by Crippen LogP contribution is -1.95. The third-order valence-corrected chi connectivity index (χ3v) is 0.708. The highest BCUT2D eigenvalue weighted by molar-refractivity contribution is 5.69. The van der Waals surface area contributed by atoms with Gasteiger partial charge in [0.05, 0.1) is 13.2 Å². The molecule has 0 aliphatic rings. The van der Waals surface area contributed by atoms with Crippen LogP contribution in [-0.2, 0) is 14.3 Å². The van der Waals surface area contributed by atoms with Gasteiger partial charge in [-0.2, -0.15) is 0 Å². The Kier molecular flexibility index (Phi) is 11.2. The molecule has 4 heteroatoms. The van der Waals surface area contributed by atoms with Crippen LogP contribution in [0, 0.1) is 5.41 Å². The number of hydrogen-bond donors (Lipinski definition) is 1. The Morgan fingerprint density at radius 3 is 1.58 bits per heavy atom. The van der Waals surface area contributed by atoms with Crippen molar-refractivity contribution in [3.05, 3.63) is 0 Å². The molecule has 12 heavy (non-hydrogen) atoms. The van der Waals surface area contributed by atoms with E-state index < -0.39 is 0 Å². The van der Waals surface area contributed by atoms with Crippen LogP contribution in [0.15, 0.2) is 0 Å². The van der Waals surface area contributed by atoms with E-state index in [-0.39, 0.29) is 11.9 Å². The molecule has 0 aromatic carbocycles. The minimum atomic E-state index is -0.211. The van der Waals surface area contributed by atoms with E-state index in [1.54, 1.807) is 13.8 Å². The summed E-state index contributed by atoms with van der Waals surface area (Å²) >= 11 is 0. The van der Waals surface area contributed by atoms with Crippen molar-refractivity contribution in [1.29, 1.82) is 5.41 Å². The molecule has 0 aromatic rings. The van der Waals surface area contributed by atoms with E-state index in [1.165, 1.54) is 6.92 Å². The molecule has 0 aromatic heterocycles. The van der Waals surface area contributed by atoms with Crippen LogP contribution in [0.2, 0.25) is 0 Å². The quantitative estimate of drug-likeness (QED) is 0.394. The smallest absolute Gasteiger partial charge is 0.302 e. The average molecular weight is 175 g/mol. The Morgan fingerprint density at radius 1 is 1.17 bits per heavy atom. The Hall–Kier alpha value is -1.06. The van der Waals surface area contributed by atoms with Gasteiger partial charge in [-0.1, -0.05) is 0 Å². The highest BCUT2D eigenvalue weighted by Crippen LogP contribution is 1.70. The fourth-order valence-electron chi connectivity index (χ4n) is 0.420. The van der Waals surface area contributed by atoms with Crippen LogP contribution in [-0.4, -0.2) is 25.1 Å². The van der Waals surface area contributed by atoms with E-state index in [1.807, 2.05) is 6.92 Å². The fourth-order valence-corrected chi connectivity index (χ4v) is 0.420. The van der Waals surface area contributed by atoms with Crippen LogP contribution < -0.4 is 0 Å². The molecular weight excluding hydrogens is 158 g/mol. The number of carbonyl (C=O) groups excluding carboxylic acids is 1. The average Bonchev–Trinajstić information content (AvgIpc) is 1.87. The molecule has 0 aliphatic carbocycles. The molecule has 72 valence electrons. The van der Waals surface area contributed by atoms with Crippen molar-refractivity contribution in [2.24, 2.45) is 0 Å². The number of nitrogens with one attached hydrogen (secondary N) is 1. The van der Waals surface area contributed by atoms with E-state index in [9.17, 15) is 4.79 Å². The van der Waals surface area contributed by atoms with Gasteiger partial charge < -0.3 is 9.47 Å². The monoisotopic (exact) mass is 175 g/mol. The van der Waals surface area contributed by atoms with E-state index in [0.29, 0.717) is 13.2 Å². The molecule has 1 N–H and O–H groups in total. The molecule has 0 amide bonds. The SMILES string of the molecule is CCOC(C)=N.CCOC(C)=O. The molecule has 0 saturated heterocycles. The van der Waals surface area contributed by atoms with Crippen molar-refractivity contribution in [2.45, 2.75) is 27.7 Å². The van der Waals surface area contributed by atoms with Crippen molar-refractivity contribution in [3.8, 4) is 0 Å². The Labute approximate surface area is 73.4 Å². The lowest BCUT2D eigenvalue weighted by molar-refractivity contribution is -0.140. The summed E-state index contributed by atoms with van der Waals surface area (Å²) in [5.41, 5.74) is 0. The predicted molar refractivity (Wildman–Crippen MR) is 47.3 cm³/mol. The Bertz CT molecular complexity index is 118. The minimum Gasteiger partial charge on any atom is -0.482 e. The lowest BCUT2D eigenvalue weighted by atomic mass is 10.7. The second-order valence-electron chi connectivity index (χ2n) is 1.91. The van der Waals surface area contributed by atoms with Gasteiger partial charge >= 0.3 is 5.97 Å². The maximum Gasteiger partial charge on any atom is 0.302 e. The van der Waals surface area contributed by atoms with Gasteiger partial charge in [-0.3, -0.25) is 10.2 Å². The largest absolute Gasteiger partial charge is 0.482 e. The van der Waals surface area contributed by atoms with E-state index >= 15 is 0 Å². The summed E-state index contributed by atoms with van der Waals surface area (Å²) < 4.78 is 9.03. The second kappa shape index (κ2) is 9.94. The molecule has 0 rings (SSSR count). The van der Waals surface area contributed by atoms with Crippen molar-refractivity contribution < 1.29 is 14.3 Å². The van der Waals surface area contributed by atoms with E-state index in [2.05, 4.69) is 9.47 Å². The number of ether oxygens (including phenoxy) is 2. The molecule has 0 atom stereocenters. The lowest BCUT2D eigenvalue weighted by Gasteiger charge is -1.93. The first-order chi connectivity index (χ1) is 5.54. The van der Waals surface area contributed by atoms with Crippen LogP contribution >= 0.6 is 0 Å². The number of rotatable bonds is 2. The molecule has 0 radical (unpaired) electrons. The molecule has 0 spiro atoms. The van der Waals surface area contributed by atoms with Gasteiger partial charge in [-0.15, -0.1) is 0 Å². The zero-order chi connectivity index (χ0) is 9.98. The molecule has 0 saturated carbocycles. The van der Waals surface area contributed by atoms with Crippen LogP contribution in [0.4, 0.5) is 0 Å². The summed E-state index contributed by atoms with van der Waals surface area (Å²) in [6.45, 7) is 7.73. The van der Waals surface area contributed by atoms with Crippen molar-refractivity contribution in [3.63, 3.8) is 0 Å². The topological polar surface area (TPSA) is 59.4 Å². The summed E-state index contributed by atoms with van der Waals surface area (Å²) in [5, 5.41) is 6.67. The Morgan fingerprint density at radius 2 is 1.58 bits per heavy atom. The van der Waals surface area contributed by atoms with Gasteiger partial charge in [-0.25, -0.2) is 0 Å². The van der Waals surface area contributed by atoms with Crippen LogP contribution in [0.5, 0.6) is 0 Å². The molecule has 0 aliphatic heterocycles. The molecule has 0 fully saturated rings. The van der Waals surface area contributed by atoms with Gasteiger partial charge in [0.25, 0.3) is 0 Å². The third-order valence-electron chi connectivity index (χ3n) is 0.708.